The third kappa shape index (κ3) is 2.55. The molecule has 0 radical (unpaired) electrons. The van der Waals surface area contributed by atoms with Crippen molar-refractivity contribution in [1.82, 2.24) is 5.32 Å². The van der Waals surface area contributed by atoms with Gasteiger partial charge in [-0.05, 0) is 37.3 Å². The number of carbonyl (C=O) groups excluding carboxylic acids is 1. The molecule has 1 atom stereocenters. The van der Waals surface area contributed by atoms with E-state index in [9.17, 15) is 4.79 Å². The Kier molecular flexibility index (Phi) is 3.11. The minimum Gasteiger partial charge on any atom is -0.459 e. The molecule has 1 aromatic heterocycles. The lowest BCUT2D eigenvalue weighted by Gasteiger charge is -2.12. The summed E-state index contributed by atoms with van der Waals surface area (Å²) in [6.45, 7) is 2.06. The second-order valence-electron chi connectivity index (χ2n) is 5.13. The van der Waals surface area contributed by atoms with E-state index in [0.717, 1.165) is 11.1 Å². The molecule has 0 spiro atoms. The van der Waals surface area contributed by atoms with E-state index in [1.54, 1.807) is 6.26 Å². The van der Waals surface area contributed by atoms with Crippen molar-refractivity contribution in [2.45, 2.75) is 25.8 Å². The Morgan fingerprint density at radius 3 is 2.68 bits per heavy atom. The third-order valence-corrected chi connectivity index (χ3v) is 3.64. The molecule has 1 aliphatic rings. The maximum Gasteiger partial charge on any atom is 0.287 e. The van der Waals surface area contributed by atoms with Crippen LogP contribution in [-0.2, 0) is 0 Å². The zero-order valence-electron chi connectivity index (χ0n) is 10.9. The van der Waals surface area contributed by atoms with Crippen molar-refractivity contribution in [3.63, 3.8) is 0 Å². The van der Waals surface area contributed by atoms with E-state index < -0.39 is 0 Å². The first kappa shape index (κ1) is 12.0. The van der Waals surface area contributed by atoms with Crippen LogP contribution in [-0.4, -0.2) is 11.9 Å². The molecule has 0 aliphatic heterocycles. The van der Waals surface area contributed by atoms with Gasteiger partial charge in [0.25, 0.3) is 5.91 Å². The maximum atomic E-state index is 12.2. The summed E-state index contributed by atoms with van der Waals surface area (Å²) in [5, 5.41) is 3.02. The molecule has 3 heteroatoms. The predicted octanol–water partition coefficient (Wildman–Crippen LogP) is 3.47. The Hall–Kier alpha value is -2.03. The van der Waals surface area contributed by atoms with Crippen LogP contribution in [0.1, 0.15) is 30.3 Å². The topological polar surface area (TPSA) is 42.2 Å². The largest absolute Gasteiger partial charge is 0.459 e. The van der Waals surface area contributed by atoms with E-state index in [1.807, 2.05) is 36.4 Å². The predicted molar refractivity (Wildman–Crippen MR) is 73.8 cm³/mol. The lowest BCUT2D eigenvalue weighted by molar-refractivity contribution is 0.0908. The first-order valence-corrected chi connectivity index (χ1v) is 6.69. The lowest BCUT2D eigenvalue weighted by atomic mass is 10.1. The van der Waals surface area contributed by atoms with Crippen molar-refractivity contribution >= 4 is 5.91 Å². The Bertz CT molecular complexity index is 569. The number of carbonyl (C=O) groups is 1. The second-order valence-corrected chi connectivity index (χ2v) is 5.13. The molecular weight excluding hydrogens is 238 g/mol. The van der Waals surface area contributed by atoms with E-state index in [2.05, 4.69) is 12.2 Å². The van der Waals surface area contributed by atoms with Gasteiger partial charge in [-0.15, -0.1) is 0 Å². The zero-order valence-corrected chi connectivity index (χ0v) is 10.9. The van der Waals surface area contributed by atoms with Crippen LogP contribution in [0.25, 0.3) is 11.1 Å². The van der Waals surface area contributed by atoms with Gasteiger partial charge in [0.15, 0.2) is 5.76 Å². The van der Waals surface area contributed by atoms with E-state index in [1.165, 1.54) is 12.8 Å². The van der Waals surface area contributed by atoms with Crippen LogP contribution >= 0.6 is 0 Å². The van der Waals surface area contributed by atoms with Crippen LogP contribution in [0.3, 0.4) is 0 Å². The van der Waals surface area contributed by atoms with E-state index >= 15 is 0 Å². The number of amides is 1. The smallest absolute Gasteiger partial charge is 0.287 e. The van der Waals surface area contributed by atoms with Crippen molar-refractivity contribution < 1.29 is 9.21 Å². The number of nitrogens with one attached hydrogen (secondary N) is 1. The molecule has 0 bridgehead atoms. The molecule has 2 aromatic rings. The standard InChI is InChI=1S/C16H17NO2/c1-11(12-7-8-12)17-16(18)15-14(9-10-19-15)13-5-3-2-4-6-13/h2-6,9-12H,7-8H2,1H3,(H,17,18)/t11-/m1/s1. The SMILES string of the molecule is C[C@@H](NC(=O)c1occc1-c1ccccc1)C1CC1. The van der Waals surface area contributed by atoms with Crippen molar-refractivity contribution in [1.29, 1.82) is 0 Å². The Morgan fingerprint density at radius 2 is 2.00 bits per heavy atom. The van der Waals surface area contributed by atoms with Crippen LogP contribution in [0.4, 0.5) is 0 Å². The quantitative estimate of drug-likeness (QED) is 0.908. The van der Waals surface area contributed by atoms with Gasteiger partial charge >= 0.3 is 0 Å². The lowest BCUT2D eigenvalue weighted by Crippen LogP contribution is -2.34. The average Bonchev–Trinajstić information content (AvgIpc) is 3.17. The Morgan fingerprint density at radius 1 is 1.26 bits per heavy atom. The van der Waals surface area contributed by atoms with E-state index in [0.29, 0.717) is 11.7 Å². The molecule has 1 fully saturated rings. The molecule has 1 aliphatic carbocycles. The molecule has 1 aromatic carbocycles. The normalized spacial score (nSPS) is 16.1. The van der Waals surface area contributed by atoms with E-state index in [4.69, 9.17) is 4.42 Å². The fourth-order valence-corrected chi connectivity index (χ4v) is 2.32. The molecule has 0 unspecified atom stereocenters. The maximum absolute atomic E-state index is 12.2. The van der Waals surface area contributed by atoms with Crippen molar-refractivity contribution in [3.05, 3.63) is 48.4 Å². The summed E-state index contributed by atoms with van der Waals surface area (Å²) < 4.78 is 5.37. The zero-order chi connectivity index (χ0) is 13.2. The highest BCUT2D eigenvalue weighted by molar-refractivity contribution is 5.98. The van der Waals surface area contributed by atoms with Crippen molar-refractivity contribution in [2.75, 3.05) is 0 Å². The summed E-state index contributed by atoms with van der Waals surface area (Å²) >= 11 is 0. The number of benzene rings is 1. The number of hydrogen-bond donors (Lipinski definition) is 1. The highest BCUT2D eigenvalue weighted by atomic mass is 16.3. The van der Waals surface area contributed by atoms with Gasteiger partial charge in [-0.3, -0.25) is 4.79 Å². The van der Waals surface area contributed by atoms with Crippen LogP contribution in [0.15, 0.2) is 47.1 Å². The van der Waals surface area contributed by atoms with Crippen LogP contribution in [0.2, 0.25) is 0 Å². The fourth-order valence-electron chi connectivity index (χ4n) is 2.32. The highest BCUT2D eigenvalue weighted by Crippen LogP contribution is 2.32. The van der Waals surface area contributed by atoms with Gasteiger partial charge < -0.3 is 9.73 Å². The molecule has 0 saturated heterocycles. The summed E-state index contributed by atoms with van der Waals surface area (Å²) in [5.74, 6) is 0.918. The summed E-state index contributed by atoms with van der Waals surface area (Å²) in [5.41, 5.74) is 1.85. The summed E-state index contributed by atoms with van der Waals surface area (Å²) in [6.07, 6.45) is 4.00. The van der Waals surface area contributed by atoms with Crippen molar-refractivity contribution in [3.8, 4) is 11.1 Å². The molecule has 1 heterocycles. The highest BCUT2D eigenvalue weighted by Gasteiger charge is 2.30. The number of furan rings is 1. The minimum atomic E-state index is -0.122. The first-order chi connectivity index (χ1) is 9.25. The van der Waals surface area contributed by atoms with Gasteiger partial charge in [0.1, 0.15) is 0 Å². The third-order valence-electron chi connectivity index (χ3n) is 3.64. The van der Waals surface area contributed by atoms with Gasteiger partial charge in [-0.2, -0.15) is 0 Å². The molecule has 1 amide bonds. The monoisotopic (exact) mass is 255 g/mol. The molecule has 1 N–H and O–H groups in total. The first-order valence-electron chi connectivity index (χ1n) is 6.69. The summed E-state index contributed by atoms with van der Waals surface area (Å²) in [6, 6.07) is 11.9. The van der Waals surface area contributed by atoms with Crippen LogP contribution < -0.4 is 5.32 Å². The Labute approximate surface area is 112 Å². The second kappa shape index (κ2) is 4.92. The minimum absolute atomic E-state index is 0.122. The van der Waals surface area contributed by atoms with Gasteiger partial charge in [0.2, 0.25) is 0 Å². The van der Waals surface area contributed by atoms with Crippen molar-refractivity contribution in [2.24, 2.45) is 5.92 Å². The average molecular weight is 255 g/mol. The van der Waals surface area contributed by atoms with Gasteiger partial charge in [0.05, 0.1) is 6.26 Å². The molecule has 19 heavy (non-hydrogen) atoms. The molecule has 3 nitrogen and oxygen atoms in total. The molecule has 98 valence electrons. The van der Waals surface area contributed by atoms with E-state index in [-0.39, 0.29) is 11.9 Å². The summed E-state index contributed by atoms with van der Waals surface area (Å²) in [7, 11) is 0. The summed E-state index contributed by atoms with van der Waals surface area (Å²) in [4.78, 5) is 12.2. The van der Waals surface area contributed by atoms with Crippen LogP contribution in [0, 0.1) is 5.92 Å². The number of rotatable bonds is 4. The van der Waals surface area contributed by atoms with Crippen LogP contribution in [0.5, 0.6) is 0 Å². The Balaban J connectivity index is 1.81. The molecule has 1 saturated carbocycles. The van der Waals surface area contributed by atoms with Gasteiger partial charge in [-0.25, -0.2) is 0 Å². The number of hydrogen-bond acceptors (Lipinski definition) is 2. The fraction of sp³-hybridized carbons (Fsp3) is 0.312. The van der Waals surface area contributed by atoms with Gasteiger partial charge in [0, 0.05) is 11.6 Å². The van der Waals surface area contributed by atoms with Gasteiger partial charge in [-0.1, -0.05) is 30.3 Å². The molecule has 3 rings (SSSR count). The molecular formula is C16H17NO2.